The fourth-order valence-corrected chi connectivity index (χ4v) is 1.80. The second kappa shape index (κ2) is 4.35. The highest BCUT2D eigenvalue weighted by molar-refractivity contribution is 5.12. The van der Waals surface area contributed by atoms with Crippen molar-refractivity contribution in [2.45, 2.75) is 18.6 Å². The average Bonchev–Trinajstić information content (AvgIpc) is 2.60. The number of rotatable bonds is 5. The van der Waals surface area contributed by atoms with Gasteiger partial charge in [0.15, 0.2) is 0 Å². The van der Waals surface area contributed by atoms with Crippen molar-refractivity contribution in [3.63, 3.8) is 0 Å². The Balaban J connectivity index is 1.97. The van der Waals surface area contributed by atoms with Gasteiger partial charge >= 0.3 is 0 Å². The first-order valence-corrected chi connectivity index (χ1v) is 5.10. The smallest absolute Gasteiger partial charge is 0.129 e. The number of ether oxygens (including phenoxy) is 2. The summed E-state index contributed by atoms with van der Waals surface area (Å²) in [7, 11) is 3.41. The molecule has 0 saturated carbocycles. The van der Waals surface area contributed by atoms with E-state index in [-0.39, 0.29) is 5.60 Å². The van der Waals surface area contributed by atoms with Crippen molar-refractivity contribution >= 4 is 0 Å². The van der Waals surface area contributed by atoms with Gasteiger partial charge in [0.25, 0.3) is 0 Å². The van der Waals surface area contributed by atoms with Gasteiger partial charge in [-0.2, -0.15) is 0 Å². The monoisotopic (exact) mass is 211 g/mol. The maximum absolute atomic E-state index is 5.62. The van der Waals surface area contributed by atoms with Crippen molar-refractivity contribution in [2.75, 3.05) is 27.3 Å². The van der Waals surface area contributed by atoms with Crippen molar-refractivity contribution in [3.8, 4) is 0 Å². The topological polar surface area (TPSA) is 43.6 Å². The van der Waals surface area contributed by atoms with Crippen molar-refractivity contribution in [3.05, 3.63) is 23.7 Å². The predicted octanol–water partition coefficient (Wildman–Crippen LogP) is 0.957. The van der Waals surface area contributed by atoms with Crippen LogP contribution in [0.2, 0.25) is 0 Å². The Labute approximate surface area is 89.6 Å². The Bertz CT molecular complexity index is 312. The van der Waals surface area contributed by atoms with Crippen molar-refractivity contribution in [1.29, 1.82) is 0 Å². The highest BCUT2D eigenvalue weighted by Gasteiger charge is 2.37. The average molecular weight is 211 g/mol. The Kier molecular flexibility index (Phi) is 3.09. The van der Waals surface area contributed by atoms with E-state index in [2.05, 4.69) is 5.32 Å². The van der Waals surface area contributed by atoms with Crippen LogP contribution in [0.1, 0.15) is 11.5 Å². The zero-order chi connectivity index (χ0) is 10.7. The van der Waals surface area contributed by atoms with Crippen LogP contribution in [0, 0.1) is 0 Å². The molecule has 84 valence electrons. The maximum Gasteiger partial charge on any atom is 0.129 e. The molecule has 1 N–H and O–H groups in total. The van der Waals surface area contributed by atoms with E-state index in [1.54, 1.807) is 14.2 Å². The van der Waals surface area contributed by atoms with Gasteiger partial charge in [-0.25, -0.2) is 0 Å². The van der Waals surface area contributed by atoms with Crippen LogP contribution in [0.4, 0.5) is 0 Å². The first-order chi connectivity index (χ1) is 7.28. The molecular weight excluding hydrogens is 194 g/mol. The van der Waals surface area contributed by atoms with Crippen LogP contribution in [0.25, 0.3) is 0 Å². The Morgan fingerprint density at radius 2 is 2.07 bits per heavy atom. The minimum atomic E-state index is -0.0673. The van der Waals surface area contributed by atoms with E-state index >= 15 is 0 Å². The van der Waals surface area contributed by atoms with Gasteiger partial charge in [-0.3, -0.25) is 0 Å². The third kappa shape index (κ3) is 2.22. The molecule has 0 radical (unpaired) electrons. The summed E-state index contributed by atoms with van der Waals surface area (Å²) in [6.45, 7) is 2.31. The van der Waals surface area contributed by atoms with Crippen LogP contribution in [-0.2, 0) is 22.5 Å². The lowest BCUT2D eigenvalue weighted by molar-refractivity contribution is -0.0536. The first kappa shape index (κ1) is 10.7. The molecule has 0 bridgehead atoms. The third-order valence-corrected chi connectivity index (χ3v) is 2.83. The molecule has 0 unspecified atom stereocenters. The van der Waals surface area contributed by atoms with E-state index in [0.717, 1.165) is 31.0 Å². The summed E-state index contributed by atoms with van der Waals surface area (Å²) < 4.78 is 16.1. The Morgan fingerprint density at radius 3 is 2.60 bits per heavy atom. The van der Waals surface area contributed by atoms with E-state index in [1.165, 1.54) is 0 Å². The molecule has 1 saturated heterocycles. The van der Waals surface area contributed by atoms with Gasteiger partial charge in [0.1, 0.15) is 18.1 Å². The Hall–Kier alpha value is -0.840. The standard InChI is InChI=1S/C11H17NO3/c1-13-6-10-4-3-9(15-10)5-11(14-2)7-12-8-11/h3-4,12H,5-8H2,1-2H3. The van der Waals surface area contributed by atoms with Crippen LogP contribution >= 0.6 is 0 Å². The van der Waals surface area contributed by atoms with Gasteiger partial charge in [0.05, 0.1) is 5.60 Å². The quantitative estimate of drug-likeness (QED) is 0.787. The number of furan rings is 1. The van der Waals surface area contributed by atoms with Crippen molar-refractivity contribution < 1.29 is 13.9 Å². The molecule has 0 aromatic carbocycles. The minimum Gasteiger partial charge on any atom is -0.464 e. The molecule has 15 heavy (non-hydrogen) atoms. The van der Waals surface area contributed by atoms with E-state index < -0.39 is 0 Å². The zero-order valence-electron chi connectivity index (χ0n) is 9.21. The summed E-state index contributed by atoms with van der Waals surface area (Å²) in [4.78, 5) is 0. The Morgan fingerprint density at radius 1 is 1.33 bits per heavy atom. The first-order valence-electron chi connectivity index (χ1n) is 5.10. The second-order valence-corrected chi connectivity index (χ2v) is 3.97. The van der Waals surface area contributed by atoms with Gasteiger partial charge in [-0.15, -0.1) is 0 Å². The summed E-state index contributed by atoms with van der Waals surface area (Å²) in [5.41, 5.74) is -0.0673. The van der Waals surface area contributed by atoms with Gasteiger partial charge in [0, 0.05) is 33.7 Å². The molecule has 0 amide bonds. The molecule has 4 heteroatoms. The highest BCUT2D eigenvalue weighted by atomic mass is 16.5. The zero-order valence-corrected chi connectivity index (χ0v) is 9.21. The SMILES string of the molecule is COCc1ccc(CC2(OC)CNC2)o1. The molecule has 0 aliphatic carbocycles. The lowest BCUT2D eigenvalue weighted by atomic mass is 9.91. The molecule has 1 aromatic rings. The van der Waals surface area contributed by atoms with E-state index in [1.807, 2.05) is 12.1 Å². The van der Waals surface area contributed by atoms with Gasteiger partial charge < -0.3 is 19.2 Å². The number of nitrogens with one attached hydrogen (secondary N) is 1. The second-order valence-electron chi connectivity index (χ2n) is 3.97. The van der Waals surface area contributed by atoms with Crippen LogP contribution in [0.3, 0.4) is 0 Å². The fraction of sp³-hybridized carbons (Fsp3) is 0.636. The maximum atomic E-state index is 5.62. The summed E-state index contributed by atoms with van der Waals surface area (Å²) in [5.74, 6) is 1.83. The molecule has 0 atom stereocenters. The van der Waals surface area contributed by atoms with E-state index in [9.17, 15) is 0 Å². The minimum absolute atomic E-state index is 0.0673. The largest absolute Gasteiger partial charge is 0.464 e. The fourth-order valence-electron chi connectivity index (χ4n) is 1.80. The van der Waals surface area contributed by atoms with Gasteiger partial charge in [-0.1, -0.05) is 0 Å². The summed E-state index contributed by atoms with van der Waals surface area (Å²) in [5, 5.41) is 3.21. The lowest BCUT2D eigenvalue weighted by Crippen LogP contribution is -2.61. The molecule has 1 aliphatic heterocycles. The van der Waals surface area contributed by atoms with Gasteiger partial charge in [-0.05, 0) is 12.1 Å². The van der Waals surface area contributed by atoms with Gasteiger partial charge in [0.2, 0.25) is 0 Å². The highest BCUT2D eigenvalue weighted by Crippen LogP contribution is 2.23. The van der Waals surface area contributed by atoms with Crippen molar-refractivity contribution in [2.24, 2.45) is 0 Å². The molecule has 1 fully saturated rings. The summed E-state index contributed by atoms with van der Waals surface area (Å²) in [6, 6.07) is 3.95. The molecule has 2 rings (SSSR count). The number of hydrogen-bond acceptors (Lipinski definition) is 4. The van der Waals surface area contributed by atoms with E-state index in [4.69, 9.17) is 13.9 Å². The molecule has 4 nitrogen and oxygen atoms in total. The van der Waals surface area contributed by atoms with Crippen LogP contribution in [0.5, 0.6) is 0 Å². The lowest BCUT2D eigenvalue weighted by Gasteiger charge is -2.40. The summed E-state index contributed by atoms with van der Waals surface area (Å²) in [6.07, 6.45) is 0.820. The van der Waals surface area contributed by atoms with E-state index in [0.29, 0.717) is 6.61 Å². The normalized spacial score (nSPS) is 18.8. The third-order valence-electron chi connectivity index (χ3n) is 2.83. The number of methoxy groups -OCH3 is 2. The molecule has 1 aliphatic rings. The molecule has 0 spiro atoms. The van der Waals surface area contributed by atoms with Crippen LogP contribution < -0.4 is 5.32 Å². The van der Waals surface area contributed by atoms with Crippen LogP contribution in [-0.4, -0.2) is 32.9 Å². The van der Waals surface area contributed by atoms with Crippen LogP contribution in [0.15, 0.2) is 16.5 Å². The predicted molar refractivity (Wildman–Crippen MR) is 55.7 cm³/mol. The molecular formula is C11H17NO3. The number of hydrogen-bond donors (Lipinski definition) is 1. The molecule has 1 aromatic heterocycles. The molecule has 2 heterocycles. The summed E-state index contributed by atoms with van der Waals surface area (Å²) >= 11 is 0. The van der Waals surface area contributed by atoms with Crippen molar-refractivity contribution in [1.82, 2.24) is 5.32 Å².